The van der Waals surface area contributed by atoms with E-state index in [9.17, 15) is 4.79 Å². The minimum atomic E-state index is 0.0212. The van der Waals surface area contributed by atoms with Crippen molar-refractivity contribution in [2.45, 2.75) is 19.3 Å². The van der Waals surface area contributed by atoms with Crippen LogP contribution in [0.2, 0.25) is 5.02 Å². The first-order valence-electron chi connectivity index (χ1n) is 9.77. The average Bonchev–Trinajstić information content (AvgIpc) is 3.19. The molecule has 1 aliphatic heterocycles. The number of rotatable bonds is 6. The number of nitrogens with zero attached hydrogens (tertiary/aromatic N) is 2. The SMILES string of the molecule is O=C(CN1CCCCC1)Nc1ccc(Nc2ncc(-c3ccc(Cl)cc3)o2)cc1. The van der Waals surface area contributed by atoms with E-state index in [0.717, 1.165) is 30.0 Å². The van der Waals surface area contributed by atoms with Crippen molar-refractivity contribution in [2.75, 3.05) is 30.3 Å². The summed E-state index contributed by atoms with van der Waals surface area (Å²) in [5.41, 5.74) is 2.50. The summed E-state index contributed by atoms with van der Waals surface area (Å²) < 4.78 is 5.75. The van der Waals surface area contributed by atoms with Gasteiger partial charge in [0.1, 0.15) is 0 Å². The van der Waals surface area contributed by atoms with Crippen molar-refractivity contribution in [3.05, 3.63) is 59.8 Å². The van der Waals surface area contributed by atoms with Gasteiger partial charge >= 0.3 is 0 Å². The standard InChI is InChI=1S/C22H23ClN4O2/c23-17-6-4-16(5-7-17)20-14-24-22(29-20)26-19-10-8-18(9-11-19)25-21(28)15-27-12-2-1-3-13-27/h4-11,14H,1-3,12-13,15H2,(H,24,26)(H,25,28). The van der Waals surface area contributed by atoms with Gasteiger partial charge in [0.2, 0.25) is 5.91 Å². The third-order valence-electron chi connectivity index (χ3n) is 4.87. The summed E-state index contributed by atoms with van der Waals surface area (Å²) >= 11 is 5.92. The van der Waals surface area contributed by atoms with Gasteiger partial charge in [-0.1, -0.05) is 18.0 Å². The summed E-state index contributed by atoms with van der Waals surface area (Å²) in [5, 5.41) is 6.75. The summed E-state index contributed by atoms with van der Waals surface area (Å²) in [6.07, 6.45) is 5.28. The molecule has 4 rings (SSSR count). The number of nitrogens with one attached hydrogen (secondary N) is 2. The second kappa shape index (κ2) is 9.11. The Morgan fingerprint density at radius 3 is 2.41 bits per heavy atom. The number of oxazole rings is 1. The maximum Gasteiger partial charge on any atom is 0.299 e. The summed E-state index contributed by atoms with van der Waals surface area (Å²) in [4.78, 5) is 18.7. The molecule has 0 saturated carbocycles. The number of amides is 1. The number of hydrogen-bond acceptors (Lipinski definition) is 5. The molecule has 0 spiro atoms. The smallest absolute Gasteiger partial charge is 0.299 e. The molecule has 1 saturated heterocycles. The normalized spacial score (nSPS) is 14.5. The van der Waals surface area contributed by atoms with Crippen LogP contribution in [-0.2, 0) is 4.79 Å². The molecule has 1 amide bonds. The van der Waals surface area contributed by atoms with E-state index in [0.29, 0.717) is 23.3 Å². The monoisotopic (exact) mass is 410 g/mol. The lowest BCUT2D eigenvalue weighted by molar-refractivity contribution is -0.117. The molecule has 0 atom stereocenters. The molecule has 6 nitrogen and oxygen atoms in total. The Balaban J connectivity index is 1.32. The zero-order valence-electron chi connectivity index (χ0n) is 16.0. The molecule has 1 fully saturated rings. The van der Waals surface area contributed by atoms with Gasteiger partial charge < -0.3 is 15.1 Å². The van der Waals surface area contributed by atoms with Gasteiger partial charge in [0.05, 0.1) is 12.7 Å². The first-order chi connectivity index (χ1) is 14.2. The molecule has 2 heterocycles. The van der Waals surface area contributed by atoms with Gasteiger partial charge in [-0.15, -0.1) is 0 Å². The van der Waals surface area contributed by atoms with Crippen LogP contribution in [0.4, 0.5) is 17.4 Å². The molecule has 29 heavy (non-hydrogen) atoms. The van der Waals surface area contributed by atoms with Crippen LogP contribution in [0.3, 0.4) is 0 Å². The van der Waals surface area contributed by atoms with E-state index >= 15 is 0 Å². The number of hydrogen-bond donors (Lipinski definition) is 2. The van der Waals surface area contributed by atoms with Crippen molar-refractivity contribution in [1.82, 2.24) is 9.88 Å². The Labute approximate surface area is 174 Å². The fourth-order valence-corrected chi connectivity index (χ4v) is 3.49. The Kier molecular flexibility index (Phi) is 6.12. The highest BCUT2D eigenvalue weighted by atomic mass is 35.5. The van der Waals surface area contributed by atoms with E-state index in [1.807, 2.05) is 48.5 Å². The number of aromatic nitrogens is 1. The van der Waals surface area contributed by atoms with Crippen molar-refractivity contribution in [3.63, 3.8) is 0 Å². The van der Waals surface area contributed by atoms with Gasteiger partial charge in [0.15, 0.2) is 5.76 Å². The second-order valence-corrected chi connectivity index (χ2v) is 7.56. The van der Waals surface area contributed by atoms with Gasteiger partial charge in [-0.05, 0) is 74.5 Å². The molecule has 3 aromatic rings. The molecule has 0 bridgehead atoms. The van der Waals surface area contributed by atoms with Gasteiger partial charge in [0.25, 0.3) is 6.01 Å². The van der Waals surface area contributed by atoms with Gasteiger partial charge in [-0.3, -0.25) is 9.69 Å². The van der Waals surface area contributed by atoms with Gasteiger partial charge in [-0.2, -0.15) is 0 Å². The number of anilines is 3. The average molecular weight is 411 g/mol. The summed E-state index contributed by atoms with van der Waals surface area (Å²) in [6.45, 7) is 2.46. The van der Waals surface area contributed by atoms with Crippen LogP contribution in [0.5, 0.6) is 0 Å². The summed E-state index contributed by atoms with van der Waals surface area (Å²) in [5.74, 6) is 0.679. The third-order valence-corrected chi connectivity index (χ3v) is 5.12. The van der Waals surface area contributed by atoms with E-state index in [4.69, 9.17) is 16.0 Å². The molecule has 1 aromatic heterocycles. The molecule has 7 heteroatoms. The molecule has 1 aliphatic rings. The van der Waals surface area contributed by atoms with Crippen LogP contribution < -0.4 is 10.6 Å². The topological polar surface area (TPSA) is 70.4 Å². The quantitative estimate of drug-likeness (QED) is 0.587. The van der Waals surface area contributed by atoms with Crippen molar-refractivity contribution >= 4 is 34.9 Å². The number of likely N-dealkylation sites (tertiary alicyclic amines) is 1. The second-order valence-electron chi connectivity index (χ2n) is 7.12. The van der Waals surface area contributed by atoms with Crippen LogP contribution in [0, 0.1) is 0 Å². The number of halogens is 1. The van der Waals surface area contributed by atoms with Gasteiger partial charge in [0, 0.05) is 22.0 Å². The maximum absolute atomic E-state index is 12.2. The van der Waals surface area contributed by atoms with Crippen molar-refractivity contribution in [3.8, 4) is 11.3 Å². The molecular weight excluding hydrogens is 388 g/mol. The lowest BCUT2D eigenvalue weighted by Gasteiger charge is -2.25. The van der Waals surface area contributed by atoms with Crippen LogP contribution >= 0.6 is 11.6 Å². The van der Waals surface area contributed by atoms with E-state index in [2.05, 4.69) is 20.5 Å². The van der Waals surface area contributed by atoms with Crippen LogP contribution in [0.15, 0.2) is 59.1 Å². The van der Waals surface area contributed by atoms with Crippen molar-refractivity contribution in [1.29, 1.82) is 0 Å². The van der Waals surface area contributed by atoms with Crippen LogP contribution in [0.1, 0.15) is 19.3 Å². The molecule has 2 aromatic carbocycles. The largest absolute Gasteiger partial charge is 0.423 e. The van der Waals surface area contributed by atoms with Crippen LogP contribution in [0.25, 0.3) is 11.3 Å². The molecular formula is C22H23ClN4O2. The minimum Gasteiger partial charge on any atom is -0.423 e. The third kappa shape index (κ3) is 5.37. The molecule has 0 aliphatic carbocycles. The Hall–Kier alpha value is -2.83. The summed E-state index contributed by atoms with van der Waals surface area (Å²) in [6, 6.07) is 15.3. The zero-order valence-corrected chi connectivity index (χ0v) is 16.8. The van der Waals surface area contributed by atoms with Crippen molar-refractivity contribution in [2.24, 2.45) is 0 Å². The van der Waals surface area contributed by atoms with Crippen molar-refractivity contribution < 1.29 is 9.21 Å². The fourth-order valence-electron chi connectivity index (χ4n) is 3.36. The first kappa shape index (κ1) is 19.5. The maximum atomic E-state index is 12.2. The summed E-state index contributed by atoms with van der Waals surface area (Å²) in [7, 11) is 0. The first-order valence-corrected chi connectivity index (χ1v) is 10.1. The lowest BCUT2D eigenvalue weighted by Crippen LogP contribution is -2.36. The highest BCUT2D eigenvalue weighted by Crippen LogP contribution is 2.26. The predicted octanol–water partition coefficient (Wildman–Crippen LogP) is 5.16. The Morgan fingerprint density at radius 1 is 1.00 bits per heavy atom. The highest BCUT2D eigenvalue weighted by molar-refractivity contribution is 6.30. The van der Waals surface area contributed by atoms with Crippen LogP contribution in [-0.4, -0.2) is 35.4 Å². The molecule has 0 unspecified atom stereocenters. The minimum absolute atomic E-state index is 0.0212. The number of benzene rings is 2. The fraction of sp³-hybridized carbons (Fsp3) is 0.273. The molecule has 0 radical (unpaired) electrons. The molecule has 2 N–H and O–H groups in total. The lowest BCUT2D eigenvalue weighted by atomic mass is 10.1. The van der Waals surface area contributed by atoms with E-state index < -0.39 is 0 Å². The Bertz CT molecular complexity index is 948. The Morgan fingerprint density at radius 2 is 1.69 bits per heavy atom. The number of carbonyl (C=O) groups is 1. The molecule has 150 valence electrons. The van der Waals surface area contributed by atoms with E-state index in [-0.39, 0.29) is 5.91 Å². The van der Waals surface area contributed by atoms with E-state index in [1.54, 1.807) is 6.20 Å². The number of carbonyl (C=O) groups excluding carboxylic acids is 1. The van der Waals surface area contributed by atoms with Gasteiger partial charge in [-0.25, -0.2) is 4.98 Å². The zero-order chi connectivity index (χ0) is 20.1. The number of piperidine rings is 1. The highest BCUT2D eigenvalue weighted by Gasteiger charge is 2.14. The van der Waals surface area contributed by atoms with E-state index in [1.165, 1.54) is 19.3 Å². The predicted molar refractivity (Wildman–Crippen MR) is 116 cm³/mol.